The normalized spacial score (nSPS) is 12.7. The van der Waals surface area contributed by atoms with Crippen LogP contribution < -0.4 is 5.32 Å². The fourth-order valence-corrected chi connectivity index (χ4v) is 3.77. The minimum Gasteiger partial charge on any atom is -0.309 e. The van der Waals surface area contributed by atoms with Crippen molar-refractivity contribution in [2.45, 2.75) is 6.04 Å². The van der Waals surface area contributed by atoms with E-state index in [9.17, 15) is 0 Å². The van der Waals surface area contributed by atoms with Crippen LogP contribution >= 0.6 is 54.8 Å². The largest absolute Gasteiger partial charge is 0.309 e. The third kappa shape index (κ3) is 3.12. The van der Waals surface area contributed by atoms with Gasteiger partial charge in [0.15, 0.2) is 0 Å². The van der Waals surface area contributed by atoms with E-state index in [1.165, 1.54) is 10.4 Å². The molecule has 0 saturated heterocycles. The Kier molecular flexibility index (Phi) is 4.66. The maximum absolute atomic E-state index is 6.08. The van der Waals surface area contributed by atoms with Gasteiger partial charge < -0.3 is 5.32 Å². The van der Waals surface area contributed by atoms with Crippen LogP contribution in [0.5, 0.6) is 0 Å². The molecule has 1 atom stereocenters. The van der Waals surface area contributed by atoms with Crippen molar-refractivity contribution in [1.29, 1.82) is 0 Å². The van der Waals surface area contributed by atoms with E-state index in [4.69, 9.17) is 11.6 Å². The molecule has 0 amide bonds. The zero-order valence-corrected chi connectivity index (χ0v) is 13.8. The molecule has 0 aliphatic heterocycles. The first-order valence-corrected chi connectivity index (χ1v) is 7.77. The SMILES string of the molecule is CNC(c1ccc(Br)cc1)c1cc(Br)c(Cl)s1. The molecule has 2 aromatic rings. The molecular formula is C12H10Br2ClNS. The summed E-state index contributed by atoms with van der Waals surface area (Å²) in [6, 6.07) is 10.5. The third-order valence-electron chi connectivity index (χ3n) is 2.44. The Balaban J connectivity index is 2.36. The fraction of sp³-hybridized carbons (Fsp3) is 0.167. The molecule has 0 spiro atoms. The molecule has 1 aromatic carbocycles. The van der Waals surface area contributed by atoms with Crippen molar-refractivity contribution < 1.29 is 0 Å². The minimum absolute atomic E-state index is 0.178. The lowest BCUT2D eigenvalue weighted by atomic mass is 10.1. The van der Waals surface area contributed by atoms with Gasteiger partial charge in [0.05, 0.1) is 6.04 Å². The van der Waals surface area contributed by atoms with E-state index in [1.54, 1.807) is 11.3 Å². The number of hydrogen-bond acceptors (Lipinski definition) is 2. The Bertz CT molecular complexity index is 490. The Labute approximate surface area is 126 Å². The summed E-state index contributed by atoms with van der Waals surface area (Å²) in [7, 11) is 1.95. The Hall–Kier alpha value is 0.130. The minimum atomic E-state index is 0.178. The second-order valence-electron chi connectivity index (χ2n) is 3.54. The van der Waals surface area contributed by atoms with E-state index in [1.807, 2.05) is 19.2 Å². The smallest absolute Gasteiger partial charge is 0.107 e. The summed E-state index contributed by atoms with van der Waals surface area (Å²) >= 11 is 14.6. The van der Waals surface area contributed by atoms with Crippen molar-refractivity contribution in [2.75, 3.05) is 7.05 Å². The molecule has 0 aliphatic rings. The molecule has 0 fully saturated rings. The second-order valence-corrected chi connectivity index (χ2v) is 7.00. The van der Waals surface area contributed by atoms with Crippen LogP contribution in [0, 0.1) is 0 Å². The molecule has 1 N–H and O–H groups in total. The van der Waals surface area contributed by atoms with Gasteiger partial charge in [-0.3, -0.25) is 0 Å². The van der Waals surface area contributed by atoms with Gasteiger partial charge in [-0.05, 0) is 46.7 Å². The van der Waals surface area contributed by atoms with Crippen molar-refractivity contribution >= 4 is 54.8 Å². The lowest BCUT2D eigenvalue weighted by Crippen LogP contribution is -2.16. The van der Waals surface area contributed by atoms with Crippen LogP contribution in [0.4, 0.5) is 0 Å². The Morgan fingerprint density at radius 2 is 1.88 bits per heavy atom. The Morgan fingerprint density at radius 1 is 1.24 bits per heavy atom. The van der Waals surface area contributed by atoms with Crippen LogP contribution in [0.15, 0.2) is 39.3 Å². The highest BCUT2D eigenvalue weighted by atomic mass is 79.9. The maximum Gasteiger partial charge on any atom is 0.107 e. The zero-order chi connectivity index (χ0) is 12.4. The highest BCUT2D eigenvalue weighted by Crippen LogP contribution is 2.37. The molecule has 0 saturated carbocycles. The van der Waals surface area contributed by atoms with E-state index in [0.29, 0.717) is 0 Å². The summed E-state index contributed by atoms with van der Waals surface area (Å²) in [5, 5.41) is 3.31. The molecule has 2 rings (SSSR count). The maximum atomic E-state index is 6.08. The predicted octanol–water partition coefficient (Wildman–Crippen LogP) is 5.24. The number of nitrogens with one attached hydrogen (secondary N) is 1. The molecule has 0 aliphatic carbocycles. The third-order valence-corrected chi connectivity index (χ3v) is 5.51. The molecule has 0 radical (unpaired) electrons. The highest BCUT2D eigenvalue weighted by Gasteiger charge is 2.16. The molecule has 1 aromatic heterocycles. The van der Waals surface area contributed by atoms with Crippen LogP contribution in [0.2, 0.25) is 4.34 Å². The fourth-order valence-electron chi connectivity index (χ4n) is 1.63. The second kappa shape index (κ2) is 5.85. The van der Waals surface area contributed by atoms with E-state index in [0.717, 1.165) is 13.3 Å². The van der Waals surface area contributed by atoms with Crippen LogP contribution in [0.1, 0.15) is 16.5 Å². The van der Waals surface area contributed by atoms with Gasteiger partial charge in [0, 0.05) is 13.8 Å². The van der Waals surface area contributed by atoms with Gasteiger partial charge in [-0.2, -0.15) is 0 Å². The van der Waals surface area contributed by atoms with Crippen LogP contribution in [-0.4, -0.2) is 7.05 Å². The van der Waals surface area contributed by atoms with E-state index < -0.39 is 0 Å². The number of hydrogen-bond donors (Lipinski definition) is 1. The van der Waals surface area contributed by atoms with Gasteiger partial charge in [0.25, 0.3) is 0 Å². The zero-order valence-electron chi connectivity index (χ0n) is 9.01. The Morgan fingerprint density at radius 3 is 2.35 bits per heavy atom. The average Bonchev–Trinajstić information content (AvgIpc) is 2.63. The van der Waals surface area contributed by atoms with Gasteiger partial charge in [0.2, 0.25) is 0 Å². The molecule has 17 heavy (non-hydrogen) atoms. The van der Waals surface area contributed by atoms with Gasteiger partial charge in [-0.1, -0.05) is 39.7 Å². The standard InChI is InChI=1S/C12H10Br2ClNS/c1-16-11(7-2-4-8(13)5-3-7)10-6-9(14)12(15)17-10/h2-6,11,16H,1H3. The number of benzene rings is 1. The van der Waals surface area contributed by atoms with Crippen molar-refractivity contribution in [3.05, 3.63) is 54.1 Å². The predicted molar refractivity (Wildman–Crippen MR) is 82.1 cm³/mol. The van der Waals surface area contributed by atoms with Gasteiger partial charge >= 0.3 is 0 Å². The lowest BCUT2D eigenvalue weighted by molar-refractivity contribution is 0.703. The summed E-state index contributed by atoms with van der Waals surface area (Å²) in [4.78, 5) is 1.20. The van der Waals surface area contributed by atoms with Gasteiger partial charge in [-0.15, -0.1) is 11.3 Å². The summed E-state index contributed by atoms with van der Waals surface area (Å²) in [6.45, 7) is 0. The van der Waals surface area contributed by atoms with E-state index >= 15 is 0 Å². The highest BCUT2D eigenvalue weighted by molar-refractivity contribution is 9.10. The van der Waals surface area contributed by atoms with E-state index in [-0.39, 0.29) is 6.04 Å². The number of thiophene rings is 1. The molecule has 5 heteroatoms. The molecule has 0 bridgehead atoms. The van der Waals surface area contributed by atoms with Crippen LogP contribution in [-0.2, 0) is 0 Å². The molecular weight excluding hydrogens is 385 g/mol. The summed E-state index contributed by atoms with van der Waals surface area (Å²) < 4.78 is 2.83. The first-order valence-electron chi connectivity index (χ1n) is 4.99. The van der Waals surface area contributed by atoms with Crippen LogP contribution in [0.25, 0.3) is 0 Å². The van der Waals surface area contributed by atoms with Crippen LogP contribution in [0.3, 0.4) is 0 Å². The lowest BCUT2D eigenvalue weighted by Gasteiger charge is -2.14. The average molecular weight is 396 g/mol. The van der Waals surface area contributed by atoms with Crippen molar-refractivity contribution in [3.63, 3.8) is 0 Å². The number of rotatable bonds is 3. The first-order chi connectivity index (χ1) is 8.11. The molecule has 1 unspecified atom stereocenters. The quantitative estimate of drug-likeness (QED) is 0.750. The van der Waals surface area contributed by atoms with Crippen molar-refractivity contribution in [1.82, 2.24) is 5.32 Å². The van der Waals surface area contributed by atoms with Crippen molar-refractivity contribution in [2.24, 2.45) is 0 Å². The monoisotopic (exact) mass is 393 g/mol. The van der Waals surface area contributed by atoms with Gasteiger partial charge in [0.1, 0.15) is 4.34 Å². The van der Waals surface area contributed by atoms with Crippen molar-refractivity contribution in [3.8, 4) is 0 Å². The molecule has 90 valence electrons. The topological polar surface area (TPSA) is 12.0 Å². The van der Waals surface area contributed by atoms with E-state index in [2.05, 4.69) is 55.4 Å². The van der Waals surface area contributed by atoms with Gasteiger partial charge in [-0.25, -0.2) is 0 Å². The molecule has 1 nitrogen and oxygen atoms in total. The summed E-state index contributed by atoms with van der Waals surface area (Å²) in [5.41, 5.74) is 1.22. The summed E-state index contributed by atoms with van der Waals surface area (Å²) in [6.07, 6.45) is 0. The summed E-state index contributed by atoms with van der Waals surface area (Å²) in [5.74, 6) is 0. The first kappa shape index (κ1) is 13.6. The number of halogens is 3. The molecule has 1 heterocycles.